The molecule has 2 fully saturated rings. The number of carbonyl (C=O) groups is 3. The zero-order valence-electron chi connectivity index (χ0n) is 14.8. The van der Waals surface area contributed by atoms with E-state index in [1.165, 1.54) is 0 Å². The van der Waals surface area contributed by atoms with Gasteiger partial charge in [-0.1, -0.05) is 30.3 Å². The number of ketones is 1. The van der Waals surface area contributed by atoms with E-state index >= 15 is 0 Å². The number of hydrogen-bond acceptors (Lipinski definition) is 4. The molecule has 6 nitrogen and oxygen atoms in total. The molecule has 1 aromatic rings. The minimum absolute atomic E-state index is 0.00476. The van der Waals surface area contributed by atoms with Crippen LogP contribution in [-0.2, 0) is 14.3 Å². The Morgan fingerprint density at radius 1 is 1.04 bits per heavy atom. The molecule has 1 aromatic carbocycles. The van der Waals surface area contributed by atoms with Crippen molar-refractivity contribution in [2.75, 3.05) is 19.7 Å². The summed E-state index contributed by atoms with van der Waals surface area (Å²) in [6, 6.07) is 9.01. The van der Waals surface area contributed by atoms with Gasteiger partial charge in [0, 0.05) is 38.1 Å². The number of hydrogen-bond donors (Lipinski definition) is 1. The second-order valence-electron chi connectivity index (χ2n) is 7.08. The maximum absolute atomic E-state index is 12.4. The molecular formula is C20H25NO5. The molecule has 0 aromatic heterocycles. The van der Waals surface area contributed by atoms with Crippen LogP contribution in [0, 0.1) is 11.8 Å². The van der Waals surface area contributed by atoms with Crippen molar-refractivity contribution in [3.05, 3.63) is 35.9 Å². The summed E-state index contributed by atoms with van der Waals surface area (Å²) >= 11 is 0. The van der Waals surface area contributed by atoms with E-state index in [0.717, 1.165) is 12.8 Å². The van der Waals surface area contributed by atoms with Crippen LogP contribution in [0.25, 0.3) is 0 Å². The van der Waals surface area contributed by atoms with E-state index in [9.17, 15) is 19.5 Å². The lowest BCUT2D eigenvalue weighted by Gasteiger charge is -2.35. The lowest BCUT2D eigenvalue weighted by Crippen LogP contribution is -2.43. The zero-order valence-corrected chi connectivity index (χ0v) is 14.8. The number of Topliss-reactive ketones (excluding diaryl/α,β-unsaturated/α-hetero) is 1. The van der Waals surface area contributed by atoms with Crippen molar-refractivity contribution in [2.45, 2.75) is 38.2 Å². The molecule has 0 spiro atoms. The molecule has 2 heterocycles. The summed E-state index contributed by atoms with van der Waals surface area (Å²) in [6.07, 6.45) is 2.29. The summed E-state index contributed by atoms with van der Waals surface area (Å²) in [7, 11) is 0. The molecule has 3 rings (SSSR count). The number of benzene rings is 1. The molecule has 0 radical (unpaired) electrons. The Morgan fingerprint density at radius 3 is 2.38 bits per heavy atom. The Bertz CT molecular complexity index is 651. The van der Waals surface area contributed by atoms with E-state index in [0.29, 0.717) is 31.7 Å². The van der Waals surface area contributed by atoms with Crippen molar-refractivity contribution in [1.29, 1.82) is 0 Å². The predicted octanol–water partition coefficient (Wildman–Crippen LogP) is 2.38. The van der Waals surface area contributed by atoms with Crippen LogP contribution in [0.3, 0.4) is 0 Å². The third-order valence-electron chi connectivity index (χ3n) is 5.47. The lowest BCUT2D eigenvalue weighted by molar-refractivity contribution is -0.146. The molecule has 0 bridgehead atoms. The molecule has 1 unspecified atom stereocenters. The quantitative estimate of drug-likeness (QED) is 0.789. The van der Waals surface area contributed by atoms with E-state index in [4.69, 9.17) is 4.74 Å². The fourth-order valence-corrected chi connectivity index (χ4v) is 3.96. The molecule has 2 aliphatic heterocycles. The zero-order chi connectivity index (χ0) is 18.5. The SMILES string of the molecule is O=C(CCC(=O)N1CCC([C@@H]2OCCC2C(=O)O)CC1)c1ccccc1. The van der Waals surface area contributed by atoms with Gasteiger partial charge in [0.25, 0.3) is 0 Å². The number of likely N-dealkylation sites (tertiary alicyclic amines) is 1. The number of rotatable bonds is 6. The van der Waals surface area contributed by atoms with Gasteiger partial charge in [0.05, 0.1) is 12.0 Å². The number of aliphatic carboxylic acids is 1. The van der Waals surface area contributed by atoms with Crippen LogP contribution in [0.5, 0.6) is 0 Å². The van der Waals surface area contributed by atoms with E-state index in [1.54, 1.807) is 17.0 Å². The van der Waals surface area contributed by atoms with Gasteiger partial charge < -0.3 is 14.7 Å². The van der Waals surface area contributed by atoms with Crippen LogP contribution in [0.2, 0.25) is 0 Å². The summed E-state index contributed by atoms with van der Waals surface area (Å²) in [5.41, 5.74) is 0.636. The number of carboxylic acids is 1. The van der Waals surface area contributed by atoms with Crippen molar-refractivity contribution in [2.24, 2.45) is 11.8 Å². The highest BCUT2D eigenvalue weighted by Gasteiger charge is 2.40. The number of carbonyl (C=O) groups excluding carboxylic acids is 2. The van der Waals surface area contributed by atoms with Gasteiger partial charge in [-0.05, 0) is 25.2 Å². The monoisotopic (exact) mass is 359 g/mol. The lowest BCUT2D eigenvalue weighted by atomic mass is 9.84. The molecule has 0 aliphatic carbocycles. The highest BCUT2D eigenvalue weighted by Crippen LogP contribution is 2.33. The fourth-order valence-electron chi connectivity index (χ4n) is 3.96. The Labute approximate surface area is 153 Å². The standard InChI is InChI=1S/C20H25NO5/c22-17(14-4-2-1-3-5-14)6-7-18(23)21-11-8-15(9-12-21)19-16(20(24)25)10-13-26-19/h1-5,15-16,19H,6-13H2,(H,24,25)/t16?,19-/m0/s1. The normalized spacial score (nSPS) is 23.8. The topological polar surface area (TPSA) is 83.9 Å². The smallest absolute Gasteiger partial charge is 0.309 e. The average molecular weight is 359 g/mol. The number of piperidine rings is 1. The molecule has 1 N–H and O–H groups in total. The minimum atomic E-state index is -0.787. The van der Waals surface area contributed by atoms with E-state index < -0.39 is 11.9 Å². The molecular weight excluding hydrogens is 334 g/mol. The Morgan fingerprint density at radius 2 is 1.73 bits per heavy atom. The summed E-state index contributed by atoms with van der Waals surface area (Å²) in [5, 5.41) is 9.29. The van der Waals surface area contributed by atoms with Crippen LogP contribution >= 0.6 is 0 Å². The molecule has 2 aliphatic rings. The van der Waals surface area contributed by atoms with Gasteiger partial charge in [0.15, 0.2) is 5.78 Å². The van der Waals surface area contributed by atoms with Crippen LogP contribution in [0.1, 0.15) is 42.5 Å². The molecule has 1 amide bonds. The van der Waals surface area contributed by atoms with Gasteiger partial charge in [-0.15, -0.1) is 0 Å². The van der Waals surface area contributed by atoms with Crippen LogP contribution < -0.4 is 0 Å². The van der Waals surface area contributed by atoms with E-state index in [2.05, 4.69) is 0 Å². The summed E-state index contributed by atoms with van der Waals surface area (Å²) in [6.45, 7) is 1.72. The first-order valence-electron chi connectivity index (χ1n) is 9.26. The maximum Gasteiger partial charge on any atom is 0.309 e. The van der Waals surface area contributed by atoms with Gasteiger partial charge >= 0.3 is 5.97 Å². The maximum atomic E-state index is 12.4. The van der Waals surface area contributed by atoms with Gasteiger partial charge in [0.1, 0.15) is 0 Å². The summed E-state index contributed by atoms with van der Waals surface area (Å²) < 4.78 is 5.66. The van der Waals surface area contributed by atoms with Crippen molar-refractivity contribution in [3.8, 4) is 0 Å². The molecule has 2 saturated heterocycles. The second kappa shape index (κ2) is 8.45. The predicted molar refractivity (Wildman–Crippen MR) is 94.8 cm³/mol. The first kappa shape index (κ1) is 18.6. The van der Waals surface area contributed by atoms with Crippen molar-refractivity contribution >= 4 is 17.7 Å². The summed E-state index contributed by atoms with van der Waals surface area (Å²) in [5.74, 6) is -1.04. The van der Waals surface area contributed by atoms with Crippen molar-refractivity contribution < 1.29 is 24.2 Å². The Balaban J connectivity index is 1.45. The average Bonchev–Trinajstić information content (AvgIpc) is 3.17. The number of nitrogens with zero attached hydrogens (tertiary/aromatic N) is 1. The third-order valence-corrected chi connectivity index (χ3v) is 5.47. The molecule has 26 heavy (non-hydrogen) atoms. The highest BCUT2D eigenvalue weighted by molar-refractivity contribution is 5.97. The molecule has 140 valence electrons. The number of amides is 1. The van der Waals surface area contributed by atoms with Gasteiger partial charge in [-0.25, -0.2) is 0 Å². The van der Waals surface area contributed by atoms with Crippen LogP contribution in [0.15, 0.2) is 30.3 Å². The van der Waals surface area contributed by atoms with Crippen LogP contribution in [-0.4, -0.2) is 53.5 Å². The van der Waals surface area contributed by atoms with Gasteiger partial charge in [-0.2, -0.15) is 0 Å². The van der Waals surface area contributed by atoms with E-state index in [-0.39, 0.29) is 36.6 Å². The van der Waals surface area contributed by atoms with Gasteiger partial charge in [0.2, 0.25) is 5.91 Å². The first-order valence-corrected chi connectivity index (χ1v) is 9.26. The minimum Gasteiger partial charge on any atom is -0.481 e. The molecule has 6 heteroatoms. The fraction of sp³-hybridized carbons (Fsp3) is 0.550. The summed E-state index contributed by atoms with van der Waals surface area (Å²) in [4.78, 5) is 37.6. The third kappa shape index (κ3) is 4.30. The second-order valence-corrected chi connectivity index (χ2v) is 7.08. The highest BCUT2D eigenvalue weighted by atomic mass is 16.5. The van der Waals surface area contributed by atoms with Crippen molar-refractivity contribution in [1.82, 2.24) is 4.90 Å². The Kier molecular flexibility index (Phi) is 6.04. The van der Waals surface area contributed by atoms with Gasteiger partial charge in [-0.3, -0.25) is 14.4 Å². The van der Waals surface area contributed by atoms with Crippen molar-refractivity contribution in [3.63, 3.8) is 0 Å². The molecule has 0 saturated carbocycles. The first-order chi connectivity index (χ1) is 12.6. The Hall–Kier alpha value is -2.21. The van der Waals surface area contributed by atoms with E-state index in [1.807, 2.05) is 18.2 Å². The largest absolute Gasteiger partial charge is 0.481 e. The molecule has 2 atom stereocenters. The number of ether oxygens (including phenoxy) is 1. The number of carboxylic acid groups (broad SMARTS) is 1. The van der Waals surface area contributed by atoms with Crippen LogP contribution in [0.4, 0.5) is 0 Å².